The van der Waals surface area contributed by atoms with Crippen molar-refractivity contribution in [1.29, 1.82) is 0 Å². The zero-order valence-corrected chi connectivity index (χ0v) is 8.37. The molecule has 0 atom stereocenters. The van der Waals surface area contributed by atoms with E-state index in [0.717, 1.165) is 11.8 Å². The summed E-state index contributed by atoms with van der Waals surface area (Å²) >= 11 is 4.01. The van der Waals surface area contributed by atoms with E-state index in [0.29, 0.717) is 0 Å². The van der Waals surface area contributed by atoms with Crippen LogP contribution < -0.4 is 5.32 Å². The molecule has 72 valence electrons. The molecule has 0 bridgehead atoms. The number of anilines is 1. The van der Waals surface area contributed by atoms with Gasteiger partial charge in [-0.25, -0.2) is 0 Å². The minimum absolute atomic E-state index is 0.251. The Bertz CT molecular complexity index is 360. The van der Waals surface area contributed by atoms with Gasteiger partial charge in [0.2, 0.25) is 0 Å². The molecule has 3 nitrogen and oxygen atoms in total. The highest BCUT2D eigenvalue weighted by molar-refractivity contribution is 7.97. The number of amides is 1. The maximum absolute atomic E-state index is 10.8. The number of amidine groups is 1. The fourth-order valence-corrected chi connectivity index (χ4v) is 1.06. The first-order valence-electron chi connectivity index (χ1n) is 3.98. The number of aliphatic imine (C=N–C) groups is 1. The zero-order chi connectivity index (χ0) is 10.4. The van der Waals surface area contributed by atoms with Crippen LogP contribution in [0.25, 0.3) is 0 Å². The van der Waals surface area contributed by atoms with Gasteiger partial charge in [-0.15, -0.1) is 12.6 Å². The van der Waals surface area contributed by atoms with Crippen molar-refractivity contribution in [1.82, 2.24) is 0 Å². The van der Waals surface area contributed by atoms with Crippen LogP contribution in [0.15, 0.2) is 48.0 Å². The fraction of sp³-hybridized carbons (Fsp3) is 0. The molecule has 1 rings (SSSR count). The van der Waals surface area contributed by atoms with E-state index in [1.54, 1.807) is 0 Å². The van der Waals surface area contributed by atoms with Crippen LogP contribution in [0, 0.1) is 0 Å². The minimum Gasteiger partial charge on any atom is -0.335 e. The van der Waals surface area contributed by atoms with Gasteiger partial charge in [-0.2, -0.15) is 4.99 Å². The monoisotopic (exact) mass is 206 g/mol. The number of nitrogens with one attached hydrogen (secondary N) is 1. The van der Waals surface area contributed by atoms with E-state index < -0.39 is 5.91 Å². The standard InChI is InChI=1S/C10H10N2OS/c1-2-9(13)12-10(14)11-8-6-4-3-5-7-8/h2-7H,1H2,(H2,11,12,13,14). The summed E-state index contributed by atoms with van der Waals surface area (Å²) < 4.78 is 0. The molecule has 0 spiro atoms. The Morgan fingerprint density at radius 3 is 2.64 bits per heavy atom. The van der Waals surface area contributed by atoms with Crippen molar-refractivity contribution in [3.8, 4) is 0 Å². The Kier molecular flexibility index (Phi) is 3.94. The Balaban J connectivity index is 2.66. The third kappa shape index (κ3) is 3.45. The molecule has 0 fully saturated rings. The molecule has 0 heterocycles. The number of benzene rings is 1. The number of hydrogen-bond donors (Lipinski definition) is 2. The van der Waals surface area contributed by atoms with Crippen molar-refractivity contribution in [2.75, 3.05) is 5.32 Å². The number of thiol groups is 1. The maximum atomic E-state index is 10.8. The summed E-state index contributed by atoms with van der Waals surface area (Å²) in [7, 11) is 0. The third-order valence-corrected chi connectivity index (χ3v) is 1.63. The van der Waals surface area contributed by atoms with Gasteiger partial charge in [0.1, 0.15) is 0 Å². The molecule has 14 heavy (non-hydrogen) atoms. The SMILES string of the molecule is C=CC(=O)N=C(S)Nc1ccccc1. The second-order valence-electron chi connectivity index (χ2n) is 2.47. The second kappa shape index (κ2) is 5.24. The van der Waals surface area contributed by atoms with Gasteiger partial charge in [0.05, 0.1) is 0 Å². The van der Waals surface area contributed by atoms with Crippen molar-refractivity contribution < 1.29 is 4.79 Å². The van der Waals surface area contributed by atoms with Crippen molar-refractivity contribution in [3.05, 3.63) is 43.0 Å². The molecule has 0 aliphatic rings. The van der Waals surface area contributed by atoms with Crippen molar-refractivity contribution in [2.24, 2.45) is 4.99 Å². The predicted molar refractivity (Wildman–Crippen MR) is 61.7 cm³/mol. The Hall–Kier alpha value is -1.55. The third-order valence-electron chi connectivity index (χ3n) is 1.42. The van der Waals surface area contributed by atoms with Crippen LogP contribution in [-0.2, 0) is 4.79 Å². The number of hydrogen-bond acceptors (Lipinski definition) is 1. The molecule has 1 amide bonds. The zero-order valence-electron chi connectivity index (χ0n) is 7.47. The number of rotatable bonds is 2. The van der Waals surface area contributed by atoms with Gasteiger partial charge >= 0.3 is 0 Å². The fourth-order valence-electron chi connectivity index (χ4n) is 0.829. The molecule has 1 aromatic rings. The minimum atomic E-state index is -0.418. The smallest absolute Gasteiger partial charge is 0.271 e. The lowest BCUT2D eigenvalue weighted by molar-refractivity contribution is -0.113. The van der Waals surface area contributed by atoms with E-state index in [1.165, 1.54) is 0 Å². The van der Waals surface area contributed by atoms with Crippen LogP contribution in [0.1, 0.15) is 0 Å². The molecule has 1 aromatic carbocycles. The van der Waals surface area contributed by atoms with Gasteiger partial charge in [0.15, 0.2) is 5.17 Å². The lowest BCUT2D eigenvalue weighted by atomic mass is 10.3. The first-order valence-corrected chi connectivity index (χ1v) is 4.43. The maximum Gasteiger partial charge on any atom is 0.271 e. The van der Waals surface area contributed by atoms with Gasteiger partial charge < -0.3 is 5.32 Å². The summed E-state index contributed by atoms with van der Waals surface area (Å²) in [5.74, 6) is -0.418. The molecule has 0 aliphatic carbocycles. The molecule has 1 N–H and O–H groups in total. The van der Waals surface area contributed by atoms with Crippen LogP contribution in [0.4, 0.5) is 5.69 Å². The van der Waals surface area contributed by atoms with E-state index in [-0.39, 0.29) is 5.17 Å². The molecule has 0 saturated heterocycles. The summed E-state index contributed by atoms with van der Waals surface area (Å²) in [6, 6.07) is 9.35. The lowest BCUT2D eigenvalue weighted by Crippen LogP contribution is -2.06. The summed E-state index contributed by atoms with van der Waals surface area (Å²) in [6.45, 7) is 3.30. The van der Waals surface area contributed by atoms with Crippen molar-refractivity contribution in [3.63, 3.8) is 0 Å². The first-order chi connectivity index (χ1) is 6.72. The first kappa shape index (κ1) is 10.5. The quantitative estimate of drug-likeness (QED) is 0.337. The van der Waals surface area contributed by atoms with Gasteiger partial charge in [-0.05, 0) is 18.2 Å². The molecule has 4 heteroatoms. The summed E-state index contributed by atoms with van der Waals surface area (Å²) in [4.78, 5) is 14.4. The number of nitrogens with zero attached hydrogens (tertiary/aromatic N) is 1. The van der Waals surface area contributed by atoms with Crippen LogP contribution >= 0.6 is 12.6 Å². The van der Waals surface area contributed by atoms with Crippen molar-refractivity contribution >= 4 is 29.4 Å². The topological polar surface area (TPSA) is 41.5 Å². The number of carbonyl (C=O) groups is 1. The molecule has 0 saturated carbocycles. The van der Waals surface area contributed by atoms with Crippen LogP contribution in [0.5, 0.6) is 0 Å². The highest BCUT2D eigenvalue weighted by Gasteiger charge is 1.95. The Labute approximate surface area is 88.0 Å². The average molecular weight is 206 g/mol. The lowest BCUT2D eigenvalue weighted by Gasteiger charge is -2.02. The van der Waals surface area contributed by atoms with Crippen molar-refractivity contribution in [2.45, 2.75) is 0 Å². The van der Waals surface area contributed by atoms with E-state index >= 15 is 0 Å². The van der Waals surface area contributed by atoms with Gasteiger partial charge in [-0.3, -0.25) is 4.79 Å². The number of carbonyl (C=O) groups excluding carboxylic acids is 1. The number of para-hydroxylation sites is 1. The Morgan fingerprint density at radius 1 is 1.43 bits per heavy atom. The molecular formula is C10H10N2OS. The van der Waals surface area contributed by atoms with Crippen LogP contribution in [0.2, 0.25) is 0 Å². The van der Waals surface area contributed by atoms with E-state index in [2.05, 4.69) is 29.5 Å². The average Bonchev–Trinajstić information content (AvgIpc) is 2.19. The summed E-state index contributed by atoms with van der Waals surface area (Å²) in [5.41, 5.74) is 0.832. The van der Waals surface area contributed by atoms with Crippen LogP contribution in [0.3, 0.4) is 0 Å². The normalized spacial score (nSPS) is 10.8. The van der Waals surface area contributed by atoms with Gasteiger partial charge in [0, 0.05) is 5.69 Å². The Morgan fingerprint density at radius 2 is 2.07 bits per heavy atom. The van der Waals surface area contributed by atoms with Crippen LogP contribution in [-0.4, -0.2) is 11.1 Å². The molecule has 0 radical (unpaired) electrons. The highest BCUT2D eigenvalue weighted by Crippen LogP contribution is 2.05. The van der Waals surface area contributed by atoms with E-state index in [9.17, 15) is 4.79 Å². The van der Waals surface area contributed by atoms with E-state index in [4.69, 9.17) is 0 Å². The largest absolute Gasteiger partial charge is 0.335 e. The molecular weight excluding hydrogens is 196 g/mol. The van der Waals surface area contributed by atoms with Gasteiger partial charge in [-0.1, -0.05) is 24.8 Å². The molecule has 0 unspecified atom stereocenters. The second-order valence-corrected chi connectivity index (χ2v) is 2.89. The predicted octanol–water partition coefficient (Wildman–Crippen LogP) is 2.10. The summed E-state index contributed by atoms with van der Waals surface area (Å²) in [6.07, 6.45) is 1.13. The molecule has 0 aliphatic heterocycles. The highest BCUT2D eigenvalue weighted by atomic mass is 32.1. The van der Waals surface area contributed by atoms with E-state index in [1.807, 2.05) is 30.3 Å². The molecule has 0 aromatic heterocycles. The van der Waals surface area contributed by atoms with Gasteiger partial charge in [0.25, 0.3) is 5.91 Å². The summed E-state index contributed by atoms with van der Waals surface area (Å²) in [5, 5.41) is 3.10.